The molecule has 1 saturated heterocycles. The van der Waals surface area contributed by atoms with Gasteiger partial charge in [-0.1, -0.05) is 229 Å². The van der Waals surface area contributed by atoms with Crippen molar-refractivity contribution in [2.24, 2.45) is 0 Å². The maximum absolute atomic E-state index is 15.4. The molecule has 1 fully saturated rings. The Balaban J connectivity index is 2.18. The third-order valence-electron chi connectivity index (χ3n) is 12.6. The Kier molecular flexibility index (Phi) is 32.6. The molecule has 450 valence electrons. The van der Waals surface area contributed by atoms with Gasteiger partial charge in [-0.15, -0.1) is 0 Å². The molecule has 16 nitrogen and oxygen atoms in total. The minimum absolute atomic E-state index is 0.0347. The molecule has 1 amide bonds. The maximum Gasteiger partial charge on any atom is 0.588 e. The van der Waals surface area contributed by atoms with Crippen molar-refractivity contribution in [2.45, 2.75) is 225 Å². The molecule has 79 heavy (non-hydrogen) atoms. The first kappa shape index (κ1) is 70.9. The van der Waals surface area contributed by atoms with E-state index in [0.29, 0.717) is 25.3 Å². The van der Waals surface area contributed by atoms with Crippen molar-refractivity contribution in [3.8, 4) is 11.5 Å². The molecule has 1 aliphatic rings. The number of nitrogens with one attached hydrogen (secondary N) is 1. The van der Waals surface area contributed by atoms with Gasteiger partial charge in [0.05, 0.1) is 6.42 Å². The van der Waals surface area contributed by atoms with Gasteiger partial charge in [0.1, 0.15) is 49.1 Å². The lowest BCUT2D eigenvalue weighted by Crippen LogP contribution is -2.66. The highest BCUT2D eigenvalue weighted by Crippen LogP contribution is 2.53. The first-order valence-corrected chi connectivity index (χ1v) is 35.0. The van der Waals surface area contributed by atoms with E-state index in [9.17, 15) is 19.2 Å². The summed E-state index contributed by atoms with van der Waals surface area (Å²) in [5.74, 6) is -1.32. The van der Waals surface area contributed by atoms with Gasteiger partial charge in [0, 0.05) is 21.1 Å². The second-order valence-electron chi connectivity index (χ2n) is 21.3. The van der Waals surface area contributed by atoms with E-state index in [2.05, 4.69) is 38.8 Å². The van der Waals surface area contributed by atoms with Crippen LogP contribution < -0.4 is 14.4 Å². The first-order valence-electron chi connectivity index (χ1n) is 27.6. The third-order valence-corrected chi connectivity index (χ3v) is 17.3. The predicted octanol–water partition coefficient (Wildman–Crippen LogP) is 16.8. The number of esters is 2. The zero-order chi connectivity index (χ0) is 58.5. The van der Waals surface area contributed by atoms with Crippen LogP contribution in [-0.4, -0.2) is 102 Å². The Morgan fingerprint density at radius 2 is 1.22 bits per heavy atom. The SMILES string of the molecule is CCCCCCCCCCC[C@H](CC(=O)O[C@H]1[C@H](OP(=O)(Oc2ccccc2)Oc2ccccc2)[C@@H](COC(=O)OC(C)(C)C(Cl)(Cl)Cl)OC(OCC[Si](C)(C)C)[C@@H]1NC(=O)OCC(Cl)(Cl)Cl)OC(=O)CCCCCCCCC. The molecule has 1 unspecified atom stereocenters. The predicted molar refractivity (Wildman–Crippen MR) is 314 cm³/mol. The second kappa shape index (κ2) is 36.3. The molecule has 1 aliphatic heterocycles. The molecule has 0 aromatic heterocycles. The Morgan fingerprint density at radius 1 is 0.696 bits per heavy atom. The number of phosphoric ester groups is 1. The van der Waals surface area contributed by atoms with E-state index in [1.165, 1.54) is 51.0 Å². The number of hydrogen-bond donors (Lipinski definition) is 1. The number of ether oxygens (including phenoxy) is 7. The average molecular weight is 1270 g/mol. The molecular weight excluding hydrogens is 1190 g/mol. The lowest BCUT2D eigenvalue weighted by atomic mass is 9.96. The molecule has 2 aromatic rings. The summed E-state index contributed by atoms with van der Waals surface area (Å²) in [5, 5.41) is 2.63. The van der Waals surface area contributed by atoms with Crippen molar-refractivity contribution in [2.75, 3.05) is 19.8 Å². The van der Waals surface area contributed by atoms with Gasteiger partial charge in [-0.3, -0.25) is 14.1 Å². The molecule has 0 spiro atoms. The van der Waals surface area contributed by atoms with Gasteiger partial charge in [-0.25, -0.2) is 14.2 Å². The van der Waals surface area contributed by atoms with Crippen LogP contribution in [0.15, 0.2) is 60.7 Å². The van der Waals surface area contributed by atoms with Crippen molar-refractivity contribution >= 4 is 110 Å². The Morgan fingerprint density at radius 3 is 1.72 bits per heavy atom. The van der Waals surface area contributed by atoms with E-state index in [1.54, 1.807) is 36.4 Å². The second-order valence-corrected chi connectivity index (χ2v) is 33.2. The van der Waals surface area contributed by atoms with Crippen LogP contribution in [0.2, 0.25) is 25.7 Å². The van der Waals surface area contributed by atoms with E-state index in [0.717, 1.165) is 77.0 Å². The largest absolute Gasteiger partial charge is 0.588 e. The van der Waals surface area contributed by atoms with Crippen LogP contribution >= 0.6 is 77.4 Å². The molecular formula is C55H84Cl6NO15PSi. The number of hydrogen-bond acceptors (Lipinski definition) is 15. The van der Waals surface area contributed by atoms with Crippen LogP contribution in [0.5, 0.6) is 11.5 Å². The fourth-order valence-electron chi connectivity index (χ4n) is 8.03. The summed E-state index contributed by atoms with van der Waals surface area (Å²) in [5.41, 5.74) is -1.73. The molecule has 24 heteroatoms. The third kappa shape index (κ3) is 30.1. The Hall–Kier alpha value is -2.41. The van der Waals surface area contributed by atoms with E-state index >= 15 is 4.57 Å². The fraction of sp³-hybridized carbons (Fsp3) is 0.709. The minimum atomic E-state index is -5.01. The number of alkyl halides is 6. The normalized spacial score (nSPS) is 18.5. The topological polar surface area (TPSA) is 190 Å². The maximum atomic E-state index is 15.4. The van der Waals surface area contributed by atoms with Crippen LogP contribution in [0.1, 0.15) is 150 Å². The van der Waals surface area contributed by atoms with Gasteiger partial charge in [-0.05, 0) is 63.4 Å². The van der Waals surface area contributed by atoms with Crippen LogP contribution in [0.25, 0.3) is 0 Å². The van der Waals surface area contributed by atoms with Crippen LogP contribution in [0.4, 0.5) is 9.59 Å². The van der Waals surface area contributed by atoms with Crippen LogP contribution in [0, 0.1) is 0 Å². The fourth-order valence-corrected chi connectivity index (χ4v) is 10.5. The average Bonchev–Trinajstić information content (AvgIpc) is 3.42. The van der Waals surface area contributed by atoms with Crippen LogP contribution in [0.3, 0.4) is 0 Å². The quantitative estimate of drug-likeness (QED) is 0.0168. The summed E-state index contributed by atoms with van der Waals surface area (Å²) in [4.78, 5) is 55.6. The standard InChI is InChI=1S/C55H84Cl6NO15PSi/c1-8-10-12-14-16-17-19-20-24-34-43(71-45(63)35-29-21-18-15-13-11-9-2)38-46(64)73-49-47(62-51(65)70-40-54(56,57)58)50(68-36-37-79(5,6)7)72-44(39-69-52(66)74-53(3,4)55(59,60)61)48(49)77-78(67,75-41-30-25-22-26-31-41)76-42-32-27-23-28-33-42/h22-23,25-28,30-33,43-44,47-50H,8-21,24,29,34-40H2,1-7H3,(H,62,65)/t43-,44-,47-,48-,49-,50?/m1/s1. The zero-order valence-corrected chi connectivity index (χ0v) is 53.3. The molecule has 0 bridgehead atoms. The van der Waals surface area contributed by atoms with Crippen molar-refractivity contribution in [3.05, 3.63) is 60.7 Å². The number of para-hydroxylation sites is 2. The van der Waals surface area contributed by atoms with E-state index in [1.807, 2.05) is 0 Å². The highest BCUT2D eigenvalue weighted by atomic mass is 35.6. The number of benzene rings is 2. The van der Waals surface area contributed by atoms with Gasteiger partial charge >= 0.3 is 32.0 Å². The molecule has 0 aliphatic carbocycles. The zero-order valence-electron chi connectivity index (χ0n) is 46.8. The van der Waals surface area contributed by atoms with Crippen molar-refractivity contribution < 1.29 is 70.5 Å². The van der Waals surface area contributed by atoms with Crippen molar-refractivity contribution in [1.82, 2.24) is 5.32 Å². The summed E-state index contributed by atoms with van der Waals surface area (Å²) < 4.78 is 71.4. The van der Waals surface area contributed by atoms with Crippen LogP contribution in [-0.2, 0) is 51.8 Å². The summed E-state index contributed by atoms with van der Waals surface area (Å²) in [6.07, 6.45) is 6.09. The van der Waals surface area contributed by atoms with E-state index in [-0.39, 0.29) is 24.5 Å². The minimum Gasteiger partial charge on any atom is -0.462 e. The molecule has 1 heterocycles. The summed E-state index contributed by atoms with van der Waals surface area (Å²) in [7, 11) is -6.84. The number of carbonyl (C=O) groups is 4. The number of halogens is 6. The van der Waals surface area contributed by atoms with E-state index < -0.39 is 110 Å². The van der Waals surface area contributed by atoms with Gasteiger partial charge in [0.25, 0.3) is 0 Å². The number of unbranched alkanes of at least 4 members (excludes halogenated alkanes) is 14. The molecule has 0 radical (unpaired) electrons. The Labute approximate surface area is 499 Å². The molecule has 6 atom stereocenters. The lowest BCUT2D eigenvalue weighted by molar-refractivity contribution is -0.269. The first-order chi connectivity index (χ1) is 37.2. The van der Waals surface area contributed by atoms with Gasteiger partial charge in [0.2, 0.25) is 7.59 Å². The van der Waals surface area contributed by atoms with Gasteiger partial charge in [0.15, 0.2) is 18.0 Å². The van der Waals surface area contributed by atoms with Crippen molar-refractivity contribution in [1.29, 1.82) is 0 Å². The highest BCUT2D eigenvalue weighted by Gasteiger charge is 2.55. The molecule has 3 rings (SSSR count). The number of rotatable bonds is 37. The number of carbonyl (C=O) groups excluding carboxylic acids is 4. The summed E-state index contributed by atoms with van der Waals surface area (Å²) in [6.45, 7) is 11.9. The molecule has 1 N–H and O–H groups in total. The highest BCUT2D eigenvalue weighted by molar-refractivity contribution is 7.49. The lowest BCUT2D eigenvalue weighted by Gasteiger charge is -2.45. The molecule has 2 aromatic carbocycles. The van der Waals surface area contributed by atoms with E-state index in [4.69, 9.17) is 116 Å². The monoisotopic (exact) mass is 1270 g/mol. The van der Waals surface area contributed by atoms with Gasteiger partial charge in [-0.2, -0.15) is 0 Å². The number of amides is 1. The number of alkyl carbamates (subject to hydrolysis) is 1. The summed E-state index contributed by atoms with van der Waals surface area (Å²) in [6, 6.07) is 14.9. The Bertz CT molecular complexity index is 2070. The molecule has 0 saturated carbocycles. The summed E-state index contributed by atoms with van der Waals surface area (Å²) >= 11 is 36.3. The van der Waals surface area contributed by atoms with Crippen molar-refractivity contribution in [3.63, 3.8) is 0 Å². The van der Waals surface area contributed by atoms with Gasteiger partial charge < -0.3 is 47.5 Å². The smallest absolute Gasteiger partial charge is 0.462 e. The number of phosphoric acid groups is 1.